The zero-order valence-corrected chi connectivity index (χ0v) is 10.4. The molecule has 0 radical (unpaired) electrons. The quantitative estimate of drug-likeness (QED) is 0.661. The van der Waals surface area contributed by atoms with Gasteiger partial charge in [0.1, 0.15) is 6.54 Å². The number of nitrogens with one attached hydrogen (secondary N) is 2. The third kappa shape index (κ3) is 4.60. The molecule has 6 heteroatoms. The van der Waals surface area contributed by atoms with E-state index in [9.17, 15) is 9.59 Å². The van der Waals surface area contributed by atoms with Gasteiger partial charge in [0, 0.05) is 12.1 Å². The van der Waals surface area contributed by atoms with Crippen LogP contribution in [-0.2, 0) is 4.79 Å². The van der Waals surface area contributed by atoms with Crippen molar-refractivity contribution in [2.75, 3.05) is 19.6 Å². The molecule has 0 aromatic rings. The number of hydrogen-bond donors (Lipinski definition) is 3. The van der Waals surface area contributed by atoms with E-state index in [-0.39, 0.29) is 24.7 Å². The Hall–Kier alpha value is -1.30. The first-order chi connectivity index (χ1) is 8.00. The zero-order chi connectivity index (χ0) is 12.8. The van der Waals surface area contributed by atoms with Crippen molar-refractivity contribution in [3.63, 3.8) is 0 Å². The SMILES string of the molecule is CC(C)N(CC(=O)O)C(=O)NC1CCNCC1. The van der Waals surface area contributed by atoms with Crippen LogP contribution in [0.1, 0.15) is 26.7 Å². The second kappa shape index (κ2) is 6.44. The molecule has 0 aliphatic carbocycles. The summed E-state index contributed by atoms with van der Waals surface area (Å²) in [6.07, 6.45) is 1.79. The molecule has 1 aliphatic heterocycles. The Kier molecular flexibility index (Phi) is 5.21. The molecule has 0 unspecified atom stereocenters. The van der Waals surface area contributed by atoms with Gasteiger partial charge in [0.05, 0.1) is 0 Å². The summed E-state index contributed by atoms with van der Waals surface area (Å²) in [5, 5.41) is 14.9. The van der Waals surface area contributed by atoms with Crippen LogP contribution in [0.3, 0.4) is 0 Å². The average Bonchev–Trinajstić information content (AvgIpc) is 2.26. The Labute approximate surface area is 101 Å². The second-order valence-corrected chi connectivity index (χ2v) is 4.59. The van der Waals surface area contributed by atoms with Crippen molar-refractivity contribution >= 4 is 12.0 Å². The average molecular weight is 243 g/mol. The van der Waals surface area contributed by atoms with Gasteiger partial charge in [-0.15, -0.1) is 0 Å². The predicted molar refractivity (Wildman–Crippen MR) is 63.9 cm³/mol. The Balaban J connectivity index is 2.49. The van der Waals surface area contributed by atoms with Crippen LogP contribution >= 0.6 is 0 Å². The minimum Gasteiger partial charge on any atom is -0.480 e. The Morgan fingerprint density at radius 3 is 2.47 bits per heavy atom. The number of carboxylic acid groups (broad SMARTS) is 1. The van der Waals surface area contributed by atoms with Crippen LogP contribution in [0.5, 0.6) is 0 Å². The minimum atomic E-state index is -0.987. The summed E-state index contributed by atoms with van der Waals surface area (Å²) >= 11 is 0. The third-order valence-electron chi connectivity index (χ3n) is 2.86. The largest absolute Gasteiger partial charge is 0.480 e. The summed E-state index contributed by atoms with van der Waals surface area (Å²) < 4.78 is 0. The van der Waals surface area contributed by atoms with E-state index in [0.29, 0.717) is 0 Å². The van der Waals surface area contributed by atoms with E-state index in [4.69, 9.17) is 5.11 Å². The molecule has 0 saturated carbocycles. The summed E-state index contributed by atoms with van der Waals surface area (Å²) in [5.41, 5.74) is 0. The van der Waals surface area contributed by atoms with Gasteiger partial charge in [-0.25, -0.2) is 4.79 Å². The lowest BCUT2D eigenvalue weighted by Crippen LogP contribution is -2.51. The first kappa shape index (κ1) is 13.8. The molecule has 0 spiro atoms. The molecule has 1 aliphatic rings. The van der Waals surface area contributed by atoms with E-state index in [1.165, 1.54) is 4.90 Å². The molecule has 1 saturated heterocycles. The number of piperidine rings is 1. The molecule has 6 nitrogen and oxygen atoms in total. The maximum absolute atomic E-state index is 11.9. The number of hydrogen-bond acceptors (Lipinski definition) is 3. The minimum absolute atomic E-state index is 0.118. The van der Waals surface area contributed by atoms with Crippen molar-refractivity contribution in [2.45, 2.75) is 38.8 Å². The molecule has 0 bridgehead atoms. The summed E-state index contributed by atoms with van der Waals surface area (Å²) in [7, 11) is 0. The van der Waals surface area contributed by atoms with E-state index in [0.717, 1.165) is 25.9 Å². The van der Waals surface area contributed by atoms with Gasteiger partial charge in [0.2, 0.25) is 0 Å². The second-order valence-electron chi connectivity index (χ2n) is 4.59. The molecular formula is C11H21N3O3. The van der Waals surface area contributed by atoms with E-state index < -0.39 is 5.97 Å². The van der Waals surface area contributed by atoms with Crippen molar-refractivity contribution in [3.05, 3.63) is 0 Å². The summed E-state index contributed by atoms with van der Waals surface area (Å²) in [6, 6.07) is -0.249. The number of urea groups is 1. The first-order valence-corrected chi connectivity index (χ1v) is 6.00. The lowest BCUT2D eigenvalue weighted by molar-refractivity contribution is -0.138. The lowest BCUT2D eigenvalue weighted by atomic mass is 10.1. The molecule has 98 valence electrons. The number of carbonyl (C=O) groups is 2. The zero-order valence-electron chi connectivity index (χ0n) is 10.4. The van der Waals surface area contributed by atoms with Crippen molar-refractivity contribution < 1.29 is 14.7 Å². The summed E-state index contributed by atoms with van der Waals surface area (Å²) in [5.74, 6) is -0.987. The van der Waals surface area contributed by atoms with Crippen LogP contribution in [0.2, 0.25) is 0 Å². The molecule has 0 aromatic heterocycles. The molecular weight excluding hydrogens is 222 g/mol. The Morgan fingerprint density at radius 2 is 2.00 bits per heavy atom. The molecule has 17 heavy (non-hydrogen) atoms. The van der Waals surface area contributed by atoms with Crippen LogP contribution in [-0.4, -0.2) is 53.7 Å². The molecule has 0 atom stereocenters. The fraction of sp³-hybridized carbons (Fsp3) is 0.818. The van der Waals surface area contributed by atoms with Crippen molar-refractivity contribution in [2.24, 2.45) is 0 Å². The van der Waals surface area contributed by atoms with Crippen LogP contribution in [0.4, 0.5) is 4.79 Å². The van der Waals surface area contributed by atoms with E-state index >= 15 is 0 Å². The predicted octanol–water partition coefficient (Wildman–Crippen LogP) is 0.243. The Bertz CT molecular complexity index is 275. The van der Waals surface area contributed by atoms with Crippen LogP contribution < -0.4 is 10.6 Å². The van der Waals surface area contributed by atoms with Crippen molar-refractivity contribution in [1.82, 2.24) is 15.5 Å². The maximum atomic E-state index is 11.9. The normalized spacial score (nSPS) is 16.9. The van der Waals surface area contributed by atoms with E-state index in [1.54, 1.807) is 0 Å². The van der Waals surface area contributed by atoms with Gasteiger partial charge in [-0.05, 0) is 39.8 Å². The van der Waals surface area contributed by atoms with Gasteiger partial charge >= 0.3 is 12.0 Å². The highest BCUT2D eigenvalue weighted by Crippen LogP contribution is 2.05. The highest BCUT2D eigenvalue weighted by Gasteiger charge is 2.23. The van der Waals surface area contributed by atoms with Gasteiger partial charge in [-0.3, -0.25) is 4.79 Å². The van der Waals surface area contributed by atoms with E-state index in [1.807, 2.05) is 13.8 Å². The summed E-state index contributed by atoms with van der Waals surface area (Å²) in [4.78, 5) is 23.9. The highest BCUT2D eigenvalue weighted by atomic mass is 16.4. The van der Waals surface area contributed by atoms with E-state index in [2.05, 4.69) is 10.6 Å². The number of amides is 2. The topological polar surface area (TPSA) is 81.7 Å². The van der Waals surface area contributed by atoms with Gasteiger partial charge in [-0.2, -0.15) is 0 Å². The molecule has 2 amide bonds. The van der Waals surface area contributed by atoms with Gasteiger partial charge < -0.3 is 20.6 Å². The van der Waals surface area contributed by atoms with Crippen LogP contribution in [0.25, 0.3) is 0 Å². The van der Waals surface area contributed by atoms with Gasteiger partial charge in [-0.1, -0.05) is 0 Å². The first-order valence-electron chi connectivity index (χ1n) is 6.00. The van der Waals surface area contributed by atoms with Gasteiger partial charge in [0.15, 0.2) is 0 Å². The molecule has 0 aromatic carbocycles. The third-order valence-corrected chi connectivity index (χ3v) is 2.86. The lowest BCUT2D eigenvalue weighted by Gasteiger charge is -2.30. The number of rotatable bonds is 4. The summed E-state index contributed by atoms with van der Waals surface area (Å²) in [6.45, 7) is 5.15. The Morgan fingerprint density at radius 1 is 1.41 bits per heavy atom. The van der Waals surface area contributed by atoms with Crippen LogP contribution in [0.15, 0.2) is 0 Å². The monoisotopic (exact) mass is 243 g/mol. The van der Waals surface area contributed by atoms with Gasteiger partial charge in [0.25, 0.3) is 0 Å². The fourth-order valence-electron chi connectivity index (χ4n) is 1.86. The number of carboxylic acids is 1. The van der Waals surface area contributed by atoms with Crippen molar-refractivity contribution in [3.8, 4) is 0 Å². The molecule has 3 N–H and O–H groups in total. The number of carbonyl (C=O) groups excluding carboxylic acids is 1. The standard InChI is InChI=1S/C11H21N3O3/c1-8(2)14(7-10(15)16)11(17)13-9-3-5-12-6-4-9/h8-9,12H,3-7H2,1-2H3,(H,13,17)(H,15,16). The molecule has 1 fully saturated rings. The maximum Gasteiger partial charge on any atom is 0.323 e. The fourth-order valence-corrected chi connectivity index (χ4v) is 1.86. The smallest absolute Gasteiger partial charge is 0.323 e. The molecule has 1 heterocycles. The van der Waals surface area contributed by atoms with Crippen LogP contribution in [0, 0.1) is 0 Å². The highest BCUT2D eigenvalue weighted by molar-refractivity contribution is 5.80. The van der Waals surface area contributed by atoms with Crippen molar-refractivity contribution in [1.29, 1.82) is 0 Å². The number of aliphatic carboxylic acids is 1. The molecule has 1 rings (SSSR count). The number of nitrogens with zero attached hydrogens (tertiary/aromatic N) is 1.